The van der Waals surface area contributed by atoms with Crippen molar-refractivity contribution in [2.75, 3.05) is 12.4 Å². The molecule has 7 nitrogen and oxygen atoms in total. The van der Waals surface area contributed by atoms with Gasteiger partial charge in [0.1, 0.15) is 11.5 Å². The molecular formula is C20H19ClN2O5. The van der Waals surface area contributed by atoms with Gasteiger partial charge in [-0.15, -0.1) is 0 Å². The van der Waals surface area contributed by atoms with Crippen LogP contribution in [0.3, 0.4) is 0 Å². The van der Waals surface area contributed by atoms with Gasteiger partial charge in [-0.05, 0) is 56.3 Å². The molecule has 0 aliphatic heterocycles. The van der Waals surface area contributed by atoms with Gasteiger partial charge in [-0.2, -0.15) is 5.26 Å². The third kappa shape index (κ3) is 5.63. The van der Waals surface area contributed by atoms with E-state index in [1.807, 2.05) is 6.07 Å². The summed E-state index contributed by atoms with van der Waals surface area (Å²) < 4.78 is 15.8. The van der Waals surface area contributed by atoms with Gasteiger partial charge in [-0.3, -0.25) is 4.79 Å². The number of ether oxygens (including phenoxy) is 3. The van der Waals surface area contributed by atoms with E-state index in [2.05, 4.69) is 5.32 Å². The molecule has 0 aromatic heterocycles. The second-order valence-corrected chi connectivity index (χ2v) is 6.25. The smallest absolute Gasteiger partial charge is 0.347 e. The zero-order valence-corrected chi connectivity index (χ0v) is 16.3. The summed E-state index contributed by atoms with van der Waals surface area (Å²) in [5.41, 5.74) is 0.842. The monoisotopic (exact) mass is 402 g/mol. The number of methoxy groups -OCH3 is 1. The molecule has 2 aromatic carbocycles. The van der Waals surface area contributed by atoms with Crippen LogP contribution in [0.25, 0.3) is 0 Å². The Balaban J connectivity index is 1.94. The molecule has 8 heteroatoms. The van der Waals surface area contributed by atoms with E-state index in [1.165, 1.54) is 27.0 Å². The Morgan fingerprint density at radius 2 is 1.79 bits per heavy atom. The van der Waals surface area contributed by atoms with Crippen LogP contribution in [-0.2, 0) is 14.3 Å². The Hall–Kier alpha value is -3.24. The van der Waals surface area contributed by atoms with Crippen LogP contribution >= 0.6 is 11.6 Å². The van der Waals surface area contributed by atoms with Crippen LogP contribution in [0.4, 0.5) is 5.69 Å². The third-order valence-corrected chi connectivity index (χ3v) is 3.94. The molecule has 0 heterocycles. The number of carbonyl (C=O) groups is 2. The first-order valence-electron chi connectivity index (χ1n) is 8.35. The first-order chi connectivity index (χ1) is 13.3. The molecule has 0 spiro atoms. The Kier molecular flexibility index (Phi) is 7.24. The van der Waals surface area contributed by atoms with Crippen molar-refractivity contribution in [3.63, 3.8) is 0 Å². The van der Waals surface area contributed by atoms with Gasteiger partial charge in [0.2, 0.25) is 0 Å². The van der Waals surface area contributed by atoms with Gasteiger partial charge in [0.05, 0.1) is 24.4 Å². The molecule has 0 unspecified atom stereocenters. The van der Waals surface area contributed by atoms with Crippen molar-refractivity contribution in [2.45, 2.75) is 26.1 Å². The Morgan fingerprint density at radius 3 is 2.39 bits per heavy atom. The summed E-state index contributed by atoms with van der Waals surface area (Å²) in [6.07, 6.45) is -2.01. The highest BCUT2D eigenvalue weighted by Crippen LogP contribution is 2.27. The predicted molar refractivity (Wildman–Crippen MR) is 103 cm³/mol. The maximum Gasteiger partial charge on any atom is 0.347 e. The summed E-state index contributed by atoms with van der Waals surface area (Å²) >= 11 is 5.93. The number of nitrogens with zero attached hydrogens (tertiary/aromatic N) is 1. The van der Waals surface area contributed by atoms with Gasteiger partial charge in [0.25, 0.3) is 5.91 Å². The molecule has 0 fully saturated rings. The normalized spacial score (nSPS) is 12.2. The molecule has 0 saturated heterocycles. The number of nitrogens with one attached hydrogen (secondary N) is 1. The first kappa shape index (κ1) is 21.1. The molecule has 28 heavy (non-hydrogen) atoms. The lowest BCUT2D eigenvalue weighted by Crippen LogP contribution is -2.35. The molecular weight excluding hydrogens is 384 g/mol. The fourth-order valence-corrected chi connectivity index (χ4v) is 2.37. The molecule has 1 N–H and O–H groups in total. The molecule has 0 bridgehead atoms. The van der Waals surface area contributed by atoms with Crippen molar-refractivity contribution < 1.29 is 23.8 Å². The molecule has 2 rings (SSSR count). The van der Waals surface area contributed by atoms with Crippen LogP contribution in [0.15, 0.2) is 42.5 Å². The lowest BCUT2D eigenvalue weighted by Gasteiger charge is -2.18. The third-order valence-electron chi connectivity index (χ3n) is 3.71. The fraction of sp³-hybridized carbons (Fsp3) is 0.250. The molecule has 2 atom stereocenters. The van der Waals surface area contributed by atoms with E-state index in [9.17, 15) is 9.59 Å². The zero-order chi connectivity index (χ0) is 20.7. The van der Waals surface area contributed by atoms with Crippen LogP contribution in [0, 0.1) is 11.3 Å². The number of hydrogen-bond donors (Lipinski definition) is 1. The average molecular weight is 403 g/mol. The predicted octanol–water partition coefficient (Wildman–Crippen LogP) is 3.56. The van der Waals surface area contributed by atoms with Gasteiger partial charge in [-0.25, -0.2) is 4.79 Å². The summed E-state index contributed by atoms with van der Waals surface area (Å²) in [4.78, 5) is 24.5. The number of halogens is 1. The first-order valence-corrected chi connectivity index (χ1v) is 8.73. The van der Waals surface area contributed by atoms with E-state index in [0.717, 1.165) is 0 Å². The SMILES string of the molecule is COc1ccc(Cl)cc1NC(=O)[C@H](C)OC(=O)[C@H](C)Oc1ccc(C#N)cc1. The van der Waals surface area contributed by atoms with Gasteiger partial charge < -0.3 is 19.5 Å². The zero-order valence-electron chi connectivity index (χ0n) is 15.6. The fourth-order valence-electron chi connectivity index (χ4n) is 2.20. The summed E-state index contributed by atoms with van der Waals surface area (Å²) in [5.74, 6) is -0.414. The molecule has 0 radical (unpaired) electrons. The van der Waals surface area contributed by atoms with Gasteiger partial charge >= 0.3 is 5.97 Å². The van der Waals surface area contributed by atoms with Crippen molar-refractivity contribution in [2.24, 2.45) is 0 Å². The van der Waals surface area contributed by atoms with E-state index in [-0.39, 0.29) is 0 Å². The maximum atomic E-state index is 12.3. The summed E-state index contributed by atoms with van der Waals surface area (Å²) in [5, 5.41) is 11.8. The quantitative estimate of drug-likeness (QED) is 0.711. The number of hydrogen-bond acceptors (Lipinski definition) is 6. The summed E-state index contributed by atoms with van der Waals surface area (Å²) in [6.45, 7) is 2.95. The van der Waals surface area contributed by atoms with Crippen molar-refractivity contribution in [3.05, 3.63) is 53.1 Å². The highest BCUT2D eigenvalue weighted by atomic mass is 35.5. The minimum Gasteiger partial charge on any atom is -0.495 e. The van der Waals surface area contributed by atoms with E-state index < -0.39 is 24.1 Å². The Morgan fingerprint density at radius 1 is 1.11 bits per heavy atom. The number of anilines is 1. The number of rotatable bonds is 7. The van der Waals surface area contributed by atoms with Crippen LogP contribution < -0.4 is 14.8 Å². The average Bonchev–Trinajstić information content (AvgIpc) is 2.68. The number of benzene rings is 2. The second-order valence-electron chi connectivity index (χ2n) is 5.81. The largest absolute Gasteiger partial charge is 0.495 e. The topological polar surface area (TPSA) is 97.7 Å². The molecule has 1 amide bonds. The Labute approximate surface area is 167 Å². The van der Waals surface area contributed by atoms with E-state index in [1.54, 1.807) is 36.4 Å². The van der Waals surface area contributed by atoms with Crippen LogP contribution in [0.1, 0.15) is 19.4 Å². The van der Waals surface area contributed by atoms with E-state index >= 15 is 0 Å². The molecule has 2 aromatic rings. The highest BCUT2D eigenvalue weighted by molar-refractivity contribution is 6.31. The van der Waals surface area contributed by atoms with E-state index in [0.29, 0.717) is 27.8 Å². The molecule has 146 valence electrons. The summed E-state index contributed by atoms with van der Waals surface area (Å²) in [6, 6.07) is 13.1. The van der Waals surface area contributed by atoms with Crippen LogP contribution in [0.5, 0.6) is 11.5 Å². The lowest BCUT2D eigenvalue weighted by atomic mass is 10.2. The standard InChI is InChI=1S/C20H19ClN2O5/c1-12(19(24)23-17-10-15(21)6-9-18(17)26-3)28-20(25)13(2)27-16-7-4-14(11-22)5-8-16/h4-10,12-13H,1-3H3,(H,23,24)/t12-,13-/m0/s1. The number of nitriles is 1. The molecule has 0 saturated carbocycles. The molecule has 0 aliphatic rings. The number of esters is 1. The lowest BCUT2D eigenvalue weighted by molar-refractivity contribution is -0.159. The van der Waals surface area contributed by atoms with Gasteiger partial charge in [0.15, 0.2) is 12.2 Å². The minimum atomic E-state index is -1.07. The highest BCUT2D eigenvalue weighted by Gasteiger charge is 2.24. The van der Waals surface area contributed by atoms with Crippen LogP contribution in [-0.4, -0.2) is 31.2 Å². The van der Waals surface area contributed by atoms with Crippen molar-refractivity contribution in [1.82, 2.24) is 0 Å². The van der Waals surface area contributed by atoms with Crippen molar-refractivity contribution >= 4 is 29.2 Å². The number of carbonyl (C=O) groups excluding carboxylic acids is 2. The molecule has 0 aliphatic carbocycles. The number of amides is 1. The van der Waals surface area contributed by atoms with E-state index in [4.69, 9.17) is 31.1 Å². The maximum absolute atomic E-state index is 12.3. The van der Waals surface area contributed by atoms with Crippen molar-refractivity contribution in [1.29, 1.82) is 5.26 Å². The second kappa shape index (κ2) is 9.62. The van der Waals surface area contributed by atoms with Gasteiger partial charge in [-0.1, -0.05) is 11.6 Å². The van der Waals surface area contributed by atoms with Crippen molar-refractivity contribution in [3.8, 4) is 17.6 Å². The summed E-state index contributed by atoms with van der Waals surface area (Å²) in [7, 11) is 1.46. The van der Waals surface area contributed by atoms with Gasteiger partial charge in [0, 0.05) is 5.02 Å². The Bertz CT molecular complexity index is 892. The van der Waals surface area contributed by atoms with Crippen LogP contribution in [0.2, 0.25) is 5.02 Å². The minimum absolute atomic E-state index is 0.366.